The molecule has 1 aromatic carbocycles. The summed E-state index contributed by atoms with van der Waals surface area (Å²) < 4.78 is 32.0. The molecule has 0 saturated carbocycles. The van der Waals surface area contributed by atoms with Crippen molar-refractivity contribution in [2.24, 2.45) is 17.1 Å². The smallest absolute Gasteiger partial charge is 0.242 e. The number of sulfonamides is 1. The van der Waals surface area contributed by atoms with Crippen molar-refractivity contribution in [1.29, 1.82) is 0 Å². The molecule has 0 radical (unpaired) electrons. The van der Waals surface area contributed by atoms with E-state index in [1.54, 1.807) is 31.3 Å². The maximum absolute atomic E-state index is 12.5. The highest BCUT2D eigenvalue weighted by Crippen LogP contribution is 2.22. The van der Waals surface area contributed by atoms with Crippen LogP contribution in [0.2, 0.25) is 0 Å². The lowest BCUT2D eigenvalue weighted by atomic mass is 9.94. The lowest BCUT2D eigenvalue weighted by Gasteiger charge is -2.28. The van der Waals surface area contributed by atoms with Gasteiger partial charge in [-0.25, -0.2) is 12.7 Å². The fraction of sp³-hybridized carbons (Fsp3) is 0.625. The molecule has 1 rings (SSSR count). The van der Waals surface area contributed by atoms with Crippen LogP contribution in [0, 0.1) is 11.3 Å². The molecule has 5 nitrogen and oxygen atoms in total. The normalized spacial score (nSPS) is 12.9. The van der Waals surface area contributed by atoms with Gasteiger partial charge in [0, 0.05) is 13.6 Å². The van der Waals surface area contributed by atoms with Crippen LogP contribution in [0.3, 0.4) is 0 Å². The molecule has 22 heavy (non-hydrogen) atoms. The highest BCUT2D eigenvalue weighted by atomic mass is 32.2. The molecule has 0 aliphatic rings. The molecule has 0 heterocycles. The summed E-state index contributed by atoms with van der Waals surface area (Å²) in [6.07, 6.45) is 0. The zero-order chi connectivity index (χ0) is 17.0. The molecule has 0 spiro atoms. The van der Waals surface area contributed by atoms with Gasteiger partial charge in [-0.1, -0.05) is 27.7 Å². The van der Waals surface area contributed by atoms with Gasteiger partial charge >= 0.3 is 0 Å². The van der Waals surface area contributed by atoms with Crippen LogP contribution in [-0.2, 0) is 10.0 Å². The Morgan fingerprint density at radius 1 is 1.23 bits per heavy atom. The molecule has 0 aromatic heterocycles. The minimum Gasteiger partial charge on any atom is -0.493 e. The number of hydrogen-bond donors (Lipinski definition) is 1. The Labute approximate surface area is 134 Å². The minimum absolute atomic E-state index is 0.262. The van der Waals surface area contributed by atoms with Crippen molar-refractivity contribution in [3.05, 3.63) is 24.3 Å². The van der Waals surface area contributed by atoms with Gasteiger partial charge in [0.2, 0.25) is 10.0 Å². The third-order valence-corrected chi connectivity index (χ3v) is 5.14. The van der Waals surface area contributed by atoms with Gasteiger partial charge in [0.15, 0.2) is 0 Å². The topological polar surface area (TPSA) is 72.6 Å². The Hall–Kier alpha value is -1.11. The molecular weight excluding hydrogens is 300 g/mol. The molecule has 0 amide bonds. The molecular formula is C16H28N2O3S. The second kappa shape index (κ2) is 7.44. The van der Waals surface area contributed by atoms with E-state index in [1.807, 2.05) is 13.8 Å². The van der Waals surface area contributed by atoms with E-state index in [1.165, 1.54) is 4.31 Å². The van der Waals surface area contributed by atoms with E-state index >= 15 is 0 Å². The standard InChI is InChI=1S/C16H28N2O3S/c1-13(2)10-21-14-6-8-15(9-7-14)22(19,20)18(5)12-16(3,4)11-17/h6-9,13H,10-12,17H2,1-5H3. The molecule has 0 aliphatic carbocycles. The molecule has 0 fully saturated rings. The molecule has 0 saturated heterocycles. The molecule has 0 bridgehead atoms. The molecule has 6 heteroatoms. The van der Waals surface area contributed by atoms with Crippen LogP contribution in [0.5, 0.6) is 5.75 Å². The van der Waals surface area contributed by atoms with Crippen molar-refractivity contribution in [3.63, 3.8) is 0 Å². The van der Waals surface area contributed by atoms with Crippen molar-refractivity contribution >= 4 is 10.0 Å². The minimum atomic E-state index is -3.51. The fourth-order valence-corrected chi connectivity index (χ4v) is 3.26. The number of hydrogen-bond acceptors (Lipinski definition) is 4. The largest absolute Gasteiger partial charge is 0.493 e. The Morgan fingerprint density at radius 3 is 2.23 bits per heavy atom. The van der Waals surface area contributed by atoms with Gasteiger partial charge in [0.1, 0.15) is 5.75 Å². The third kappa shape index (κ3) is 5.26. The second-order valence-electron chi connectivity index (χ2n) is 6.81. The number of nitrogens with two attached hydrogens (primary N) is 1. The van der Waals surface area contributed by atoms with E-state index in [-0.39, 0.29) is 10.3 Å². The molecule has 0 unspecified atom stereocenters. The quantitative estimate of drug-likeness (QED) is 0.795. The van der Waals surface area contributed by atoms with Gasteiger partial charge in [-0.3, -0.25) is 0 Å². The Bertz CT molecular complexity index is 566. The van der Waals surface area contributed by atoms with Crippen molar-refractivity contribution in [2.45, 2.75) is 32.6 Å². The lowest BCUT2D eigenvalue weighted by molar-refractivity contribution is 0.271. The molecule has 2 N–H and O–H groups in total. The Kier molecular flexibility index (Phi) is 6.40. The van der Waals surface area contributed by atoms with Gasteiger partial charge < -0.3 is 10.5 Å². The summed E-state index contributed by atoms with van der Waals surface area (Å²) in [6, 6.07) is 6.54. The van der Waals surface area contributed by atoms with E-state index in [2.05, 4.69) is 13.8 Å². The lowest BCUT2D eigenvalue weighted by Crippen LogP contribution is -2.39. The predicted molar refractivity (Wildman–Crippen MR) is 89.4 cm³/mol. The van der Waals surface area contributed by atoms with Crippen molar-refractivity contribution in [1.82, 2.24) is 4.31 Å². The maximum atomic E-state index is 12.5. The molecule has 1 aromatic rings. The summed E-state index contributed by atoms with van der Waals surface area (Å²) in [5, 5.41) is 0. The SMILES string of the molecule is CC(C)COc1ccc(S(=O)(=O)N(C)CC(C)(C)CN)cc1. The average molecular weight is 328 g/mol. The van der Waals surface area contributed by atoms with E-state index in [4.69, 9.17) is 10.5 Å². The first-order chi connectivity index (χ1) is 10.1. The highest BCUT2D eigenvalue weighted by molar-refractivity contribution is 7.89. The maximum Gasteiger partial charge on any atom is 0.242 e. The Balaban J connectivity index is 2.85. The van der Waals surface area contributed by atoms with E-state index in [0.29, 0.717) is 31.4 Å². The fourth-order valence-electron chi connectivity index (χ4n) is 1.90. The van der Waals surface area contributed by atoms with Crippen LogP contribution in [0.25, 0.3) is 0 Å². The number of nitrogens with zero attached hydrogens (tertiary/aromatic N) is 1. The van der Waals surface area contributed by atoms with E-state index < -0.39 is 10.0 Å². The van der Waals surface area contributed by atoms with E-state index in [0.717, 1.165) is 0 Å². The van der Waals surface area contributed by atoms with Crippen molar-refractivity contribution < 1.29 is 13.2 Å². The second-order valence-corrected chi connectivity index (χ2v) is 8.85. The summed E-state index contributed by atoms with van der Waals surface area (Å²) in [7, 11) is -1.93. The van der Waals surface area contributed by atoms with E-state index in [9.17, 15) is 8.42 Å². The van der Waals surface area contributed by atoms with Gasteiger partial charge in [0.25, 0.3) is 0 Å². The summed E-state index contributed by atoms with van der Waals surface area (Å²) >= 11 is 0. The Morgan fingerprint density at radius 2 is 1.77 bits per heavy atom. The van der Waals surface area contributed by atoms with Crippen molar-refractivity contribution in [2.75, 3.05) is 26.7 Å². The van der Waals surface area contributed by atoms with Gasteiger partial charge in [-0.15, -0.1) is 0 Å². The first-order valence-electron chi connectivity index (χ1n) is 7.48. The zero-order valence-corrected chi connectivity index (χ0v) is 15.0. The summed E-state index contributed by atoms with van der Waals surface area (Å²) in [5.41, 5.74) is 5.41. The first-order valence-corrected chi connectivity index (χ1v) is 8.92. The number of benzene rings is 1. The van der Waals surface area contributed by atoms with Crippen LogP contribution in [0.1, 0.15) is 27.7 Å². The summed E-state index contributed by atoms with van der Waals surface area (Å²) in [5.74, 6) is 1.10. The molecule has 126 valence electrons. The monoisotopic (exact) mass is 328 g/mol. The summed E-state index contributed by atoms with van der Waals surface area (Å²) in [4.78, 5) is 0.264. The first kappa shape index (κ1) is 18.9. The molecule has 0 atom stereocenters. The van der Waals surface area contributed by atoms with Gasteiger partial charge in [0.05, 0.1) is 11.5 Å². The van der Waals surface area contributed by atoms with Gasteiger partial charge in [-0.2, -0.15) is 0 Å². The van der Waals surface area contributed by atoms with Crippen LogP contribution in [-0.4, -0.2) is 39.5 Å². The zero-order valence-electron chi connectivity index (χ0n) is 14.2. The van der Waals surface area contributed by atoms with Gasteiger partial charge in [-0.05, 0) is 42.1 Å². The van der Waals surface area contributed by atoms with Crippen molar-refractivity contribution in [3.8, 4) is 5.75 Å². The third-order valence-electron chi connectivity index (χ3n) is 3.32. The van der Waals surface area contributed by atoms with Crippen LogP contribution < -0.4 is 10.5 Å². The van der Waals surface area contributed by atoms with Crippen LogP contribution >= 0.6 is 0 Å². The summed E-state index contributed by atoms with van der Waals surface area (Å²) in [6.45, 7) is 9.42. The average Bonchev–Trinajstić information content (AvgIpc) is 2.45. The number of ether oxygens (including phenoxy) is 1. The van der Waals surface area contributed by atoms with Crippen LogP contribution in [0.4, 0.5) is 0 Å². The van der Waals surface area contributed by atoms with Crippen LogP contribution in [0.15, 0.2) is 29.2 Å². The number of rotatable bonds is 8. The predicted octanol–water partition coefficient (Wildman–Crippen LogP) is 2.33. The molecule has 0 aliphatic heterocycles. The highest BCUT2D eigenvalue weighted by Gasteiger charge is 2.27.